The molecule has 1 saturated heterocycles. The molecule has 3 aromatic rings. The second-order valence-corrected chi connectivity index (χ2v) is 6.50. The van der Waals surface area contributed by atoms with E-state index in [1.54, 1.807) is 23.1 Å². The molecule has 1 fully saturated rings. The van der Waals surface area contributed by atoms with Crippen molar-refractivity contribution in [3.8, 4) is 0 Å². The molecule has 0 N–H and O–H groups in total. The highest BCUT2D eigenvalue weighted by atomic mass is 16.2. The van der Waals surface area contributed by atoms with E-state index in [9.17, 15) is 4.79 Å². The van der Waals surface area contributed by atoms with Crippen molar-refractivity contribution in [2.45, 2.75) is 13.3 Å². The zero-order valence-corrected chi connectivity index (χ0v) is 12.9. The van der Waals surface area contributed by atoms with Crippen molar-refractivity contribution in [3.05, 3.63) is 60.3 Å². The van der Waals surface area contributed by atoms with Crippen molar-refractivity contribution in [1.82, 2.24) is 24.5 Å². The lowest BCUT2D eigenvalue weighted by molar-refractivity contribution is 0.0147. The van der Waals surface area contributed by atoms with Gasteiger partial charge in [-0.3, -0.25) is 9.20 Å². The molecule has 0 aliphatic carbocycles. The molecule has 0 unspecified atom stereocenters. The van der Waals surface area contributed by atoms with Gasteiger partial charge < -0.3 is 4.90 Å². The normalized spacial score (nSPS) is 16.3. The minimum absolute atomic E-state index is 0.0360. The first-order chi connectivity index (χ1) is 11.1. The second-order valence-electron chi connectivity index (χ2n) is 6.50. The standard InChI is InChI=1S/C17H17N5O/c1-17(7-13-5-3-2-4-6-13)10-22(11-17)16(23)14-9-21-12-19-20-15(21)8-18-14/h2-6,8-9,12H,7,10-11H2,1H3. The lowest BCUT2D eigenvalue weighted by Crippen LogP contribution is -2.58. The number of hydrogen-bond donors (Lipinski definition) is 0. The first kappa shape index (κ1) is 13.9. The van der Waals surface area contributed by atoms with E-state index in [0.29, 0.717) is 11.3 Å². The Morgan fingerprint density at radius 1 is 1.26 bits per heavy atom. The summed E-state index contributed by atoms with van der Waals surface area (Å²) >= 11 is 0. The maximum absolute atomic E-state index is 12.5. The molecule has 1 aliphatic rings. The Hall–Kier alpha value is -2.76. The van der Waals surface area contributed by atoms with E-state index in [1.165, 1.54) is 5.56 Å². The van der Waals surface area contributed by atoms with Gasteiger partial charge in [0, 0.05) is 24.7 Å². The van der Waals surface area contributed by atoms with Gasteiger partial charge in [0.1, 0.15) is 12.0 Å². The van der Waals surface area contributed by atoms with E-state index in [0.717, 1.165) is 19.5 Å². The number of carbonyl (C=O) groups excluding carboxylic acids is 1. The number of benzene rings is 1. The first-order valence-corrected chi connectivity index (χ1v) is 7.62. The molecule has 4 rings (SSSR count). The molecule has 1 amide bonds. The van der Waals surface area contributed by atoms with Gasteiger partial charge in [0.15, 0.2) is 5.65 Å². The minimum atomic E-state index is -0.0360. The van der Waals surface area contributed by atoms with Crippen LogP contribution in [0.5, 0.6) is 0 Å². The third-order valence-corrected chi connectivity index (χ3v) is 4.31. The molecule has 0 atom stereocenters. The van der Waals surface area contributed by atoms with Crippen LogP contribution in [-0.2, 0) is 6.42 Å². The number of amides is 1. The third-order valence-electron chi connectivity index (χ3n) is 4.31. The molecule has 23 heavy (non-hydrogen) atoms. The molecular weight excluding hydrogens is 290 g/mol. The Morgan fingerprint density at radius 3 is 2.83 bits per heavy atom. The summed E-state index contributed by atoms with van der Waals surface area (Å²) in [5.41, 5.74) is 2.52. The fraction of sp³-hybridized carbons (Fsp3) is 0.294. The second kappa shape index (κ2) is 5.15. The predicted octanol–water partition coefficient (Wildman–Crippen LogP) is 1.83. The molecule has 6 nitrogen and oxygen atoms in total. The van der Waals surface area contributed by atoms with Gasteiger partial charge in [-0.25, -0.2) is 4.98 Å². The van der Waals surface area contributed by atoms with Gasteiger partial charge in [-0.1, -0.05) is 37.3 Å². The Labute approximate surface area is 133 Å². The van der Waals surface area contributed by atoms with E-state index < -0.39 is 0 Å². The zero-order valence-electron chi connectivity index (χ0n) is 12.9. The molecule has 6 heteroatoms. The fourth-order valence-electron chi connectivity index (χ4n) is 3.23. The van der Waals surface area contributed by atoms with Crippen LogP contribution >= 0.6 is 0 Å². The van der Waals surface area contributed by atoms with Crippen molar-refractivity contribution in [1.29, 1.82) is 0 Å². The Balaban J connectivity index is 1.45. The third kappa shape index (κ3) is 2.56. The average molecular weight is 307 g/mol. The summed E-state index contributed by atoms with van der Waals surface area (Å²) in [7, 11) is 0. The summed E-state index contributed by atoms with van der Waals surface area (Å²) in [6.45, 7) is 3.73. The number of likely N-dealkylation sites (tertiary alicyclic amines) is 1. The van der Waals surface area contributed by atoms with Crippen molar-refractivity contribution in [3.63, 3.8) is 0 Å². The molecule has 1 aromatic carbocycles. The molecule has 116 valence electrons. The summed E-state index contributed by atoms with van der Waals surface area (Å²) < 4.78 is 1.71. The van der Waals surface area contributed by atoms with Crippen LogP contribution in [0, 0.1) is 5.41 Å². The van der Waals surface area contributed by atoms with Crippen LogP contribution in [0.3, 0.4) is 0 Å². The van der Waals surface area contributed by atoms with Crippen molar-refractivity contribution < 1.29 is 4.79 Å². The Kier molecular flexibility index (Phi) is 3.11. The van der Waals surface area contributed by atoms with E-state index in [1.807, 2.05) is 11.0 Å². The van der Waals surface area contributed by atoms with Gasteiger partial charge in [0.05, 0.1) is 6.20 Å². The average Bonchev–Trinajstić information content (AvgIpc) is 3.00. The SMILES string of the molecule is CC1(Cc2ccccc2)CN(C(=O)c2cn3cnnc3cn2)C1. The topological polar surface area (TPSA) is 63.4 Å². The quantitative estimate of drug-likeness (QED) is 0.740. The summed E-state index contributed by atoms with van der Waals surface area (Å²) in [5.74, 6) is -0.0360. The largest absolute Gasteiger partial charge is 0.336 e. The van der Waals surface area contributed by atoms with Gasteiger partial charge >= 0.3 is 0 Å². The van der Waals surface area contributed by atoms with Crippen LogP contribution in [0.25, 0.3) is 5.65 Å². The van der Waals surface area contributed by atoms with Crippen molar-refractivity contribution in [2.75, 3.05) is 13.1 Å². The van der Waals surface area contributed by atoms with Gasteiger partial charge in [0.2, 0.25) is 0 Å². The summed E-state index contributed by atoms with van der Waals surface area (Å²) in [4.78, 5) is 18.6. The van der Waals surface area contributed by atoms with Crippen molar-refractivity contribution >= 4 is 11.6 Å². The van der Waals surface area contributed by atoms with Crippen LogP contribution in [0.2, 0.25) is 0 Å². The molecule has 0 radical (unpaired) electrons. The molecule has 3 heterocycles. The molecule has 0 saturated carbocycles. The van der Waals surface area contributed by atoms with Gasteiger partial charge in [0.25, 0.3) is 5.91 Å². The van der Waals surface area contributed by atoms with Crippen LogP contribution < -0.4 is 0 Å². The van der Waals surface area contributed by atoms with Crippen LogP contribution in [0.4, 0.5) is 0 Å². The first-order valence-electron chi connectivity index (χ1n) is 7.62. The number of fused-ring (bicyclic) bond motifs is 1. The lowest BCUT2D eigenvalue weighted by atomic mass is 9.76. The number of rotatable bonds is 3. The molecule has 0 bridgehead atoms. The maximum atomic E-state index is 12.5. The summed E-state index contributed by atoms with van der Waals surface area (Å²) in [5, 5.41) is 7.69. The van der Waals surface area contributed by atoms with Crippen LogP contribution in [0.15, 0.2) is 49.1 Å². The predicted molar refractivity (Wildman–Crippen MR) is 84.9 cm³/mol. The van der Waals surface area contributed by atoms with Crippen LogP contribution in [0.1, 0.15) is 23.0 Å². The Bertz CT molecular complexity index is 852. The zero-order chi connectivity index (χ0) is 15.9. The number of nitrogens with zero attached hydrogens (tertiary/aromatic N) is 5. The fourth-order valence-corrected chi connectivity index (χ4v) is 3.23. The van der Waals surface area contributed by atoms with Gasteiger partial charge in [-0.05, 0) is 12.0 Å². The minimum Gasteiger partial charge on any atom is -0.336 e. The monoisotopic (exact) mass is 307 g/mol. The highest BCUT2D eigenvalue weighted by Gasteiger charge is 2.41. The van der Waals surface area contributed by atoms with E-state index >= 15 is 0 Å². The highest BCUT2D eigenvalue weighted by molar-refractivity contribution is 5.92. The molecular formula is C17H17N5O. The van der Waals surface area contributed by atoms with E-state index in [4.69, 9.17) is 0 Å². The van der Waals surface area contributed by atoms with Crippen LogP contribution in [-0.4, -0.2) is 43.5 Å². The number of carbonyl (C=O) groups is 1. The van der Waals surface area contributed by atoms with E-state index in [-0.39, 0.29) is 11.3 Å². The summed E-state index contributed by atoms with van der Waals surface area (Å²) in [6.07, 6.45) is 5.81. The highest BCUT2D eigenvalue weighted by Crippen LogP contribution is 2.34. The molecule has 1 aliphatic heterocycles. The van der Waals surface area contributed by atoms with Gasteiger partial charge in [-0.2, -0.15) is 0 Å². The Morgan fingerprint density at radius 2 is 2.04 bits per heavy atom. The van der Waals surface area contributed by atoms with E-state index in [2.05, 4.69) is 46.4 Å². The maximum Gasteiger partial charge on any atom is 0.274 e. The lowest BCUT2D eigenvalue weighted by Gasteiger charge is -2.48. The van der Waals surface area contributed by atoms with Crippen molar-refractivity contribution in [2.24, 2.45) is 5.41 Å². The molecule has 0 spiro atoms. The summed E-state index contributed by atoms with van der Waals surface area (Å²) in [6, 6.07) is 10.4. The number of aromatic nitrogens is 4. The molecule has 2 aromatic heterocycles. The number of hydrogen-bond acceptors (Lipinski definition) is 4. The van der Waals surface area contributed by atoms with Gasteiger partial charge in [-0.15, -0.1) is 10.2 Å². The smallest absolute Gasteiger partial charge is 0.274 e.